The molecule has 0 aliphatic heterocycles. The van der Waals surface area contributed by atoms with Crippen molar-refractivity contribution in [3.63, 3.8) is 0 Å². The van der Waals surface area contributed by atoms with Crippen LogP contribution in [0.5, 0.6) is 0 Å². The van der Waals surface area contributed by atoms with Crippen molar-refractivity contribution < 1.29 is 0 Å². The molecule has 0 heteroatoms. The van der Waals surface area contributed by atoms with E-state index >= 15 is 0 Å². The fourth-order valence-corrected chi connectivity index (χ4v) is 2.26. The molecule has 86 valence electrons. The van der Waals surface area contributed by atoms with E-state index in [1.165, 1.54) is 57.8 Å². The van der Waals surface area contributed by atoms with Gasteiger partial charge in [-0.2, -0.15) is 0 Å². The minimum Gasteiger partial charge on any atom is -0.0772 e. The quantitative estimate of drug-likeness (QED) is 0.466. The van der Waals surface area contributed by atoms with Crippen molar-refractivity contribution in [2.45, 2.75) is 71.6 Å². The summed E-state index contributed by atoms with van der Waals surface area (Å²) in [6, 6.07) is 0. The maximum absolute atomic E-state index is 2.44. The zero-order valence-corrected chi connectivity index (χ0v) is 10.5. The highest BCUT2D eigenvalue weighted by Gasteiger charge is 2.08. The highest BCUT2D eigenvalue weighted by Crippen LogP contribution is 2.28. The molecule has 15 heavy (non-hydrogen) atoms. The lowest BCUT2D eigenvalue weighted by Crippen LogP contribution is -1.88. The first kappa shape index (κ1) is 12.5. The Kier molecular flexibility index (Phi) is 6.47. The Labute approximate surface area is 95.5 Å². The van der Waals surface area contributed by atoms with Gasteiger partial charge in [-0.15, -0.1) is 0 Å². The summed E-state index contributed by atoms with van der Waals surface area (Å²) in [7, 11) is 0. The second-order valence-corrected chi connectivity index (χ2v) is 4.61. The molecular weight excluding hydrogens is 180 g/mol. The van der Waals surface area contributed by atoms with Gasteiger partial charge in [-0.3, -0.25) is 0 Å². The van der Waals surface area contributed by atoms with Gasteiger partial charge in [-0.25, -0.2) is 0 Å². The van der Waals surface area contributed by atoms with Crippen LogP contribution in [0, 0.1) is 0 Å². The molecule has 0 atom stereocenters. The predicted octanol–water partition coefficient (Wildman–Crippen LogP) is 5.40. The number of allylic oxidation sites excluding steroid dienone is 4. The van der Waals surface area contributed by atoms with Crippen molar-refractivity contribution >= 4 is 0 Å². The van der Waals surface area contributed by atoms with Crippen LogP contribution in [0.1, 0.15) is 71.6 Å². The third kappa shape index (κ3) is 4.68. The van der Waals surface area contributed by atoms with Crippen molar-refractivity contribution in [1.29, 1.82) is 0 Å². The maximum Gasteiger partial charge on any atom is -0.0157 e. The molecule has 1 aliphatic rings. The minimum absolute atomic E-state index is 1.20. The molecule has 0 unspecified atom stereocenters. The molecule has 0 nitrogen and oxygen atoms in total. The third-order valence-electron chi connectivity index (χ3n) is 3.24. The van der Waals surface area contributed by atoms with Crippen molar-refractivity contribution in [1.82, 2.24) is 0 Å². The van der Waals surface area contributed by atoms with Crippen LogP contribution in [0.3, 0.4) is 0 Å². The van der Waals surface area contributed by atoms with Crippen molar-refractivity contribution in [2.24, 2.45) is 0 Å². The third-order valence-corrected chi connectivity index (χ3v) is 3.24. The van der Waals surface area contributed by atoms with Gasteiger partial charge < -0.3 is 0 Å². The van der Waals surface area contributed by atoms with Gasteiger partial charge in [-0.1, -0.05) is 51.7 Å². The maximum atomic E-state index is 2.44. The van der Waals surface area contributed by atoms with E-state index in [0.717, 1.165) is 0 Å². The van der Waals surface area contributed by atoms with Crippen molar-refractivity contribution in [3.05, 3.63) is 23.3 Å². The number of rotatable bonds is 8. The molecule has 0 aromatic carbocycles. The lowest BCUT2D eigenvalue weighted by Gasteiger charge is -2.08. The largest absolute Gasteiger partial charge is 0.0772 e. The highest BCUT2D eigenvalue weighted by molar-refractivity contribution is 5.36. The average Bonchev–Trinajstić information content (AvgIpc) is 2.67. The van der Waals surface area contributed by atoms with Crippen LogP contribution < -0.4 is 0 Å². The van der Waals surface area contributed by atoms with E-state index in [9.17, 15) is 0 Å². The van der Waals surface area contributed by atoms with Gasteiger partial charge in [0, 0.05) is 0 Å². The number of hydrogen-bond acceptors (Lipinski definition) is 0. The van der Waals surface area contributed by atoms with Gasteiger partial charge in [0.05, 0.1) is 0 Å². The Bertz CT molecular complexity index is 196. The molecule has 0 N–H and O–H groups in total. The average molecular weight is 206 g/mol. The van der Waals surface area contributed by atoms with E-state index in [-0.39, 0.29) is 0 Å². The Morgan fingerprint density at radius 2 is 1.27 bits per heavy atom. The van der Waals surface area contributed by atoms with Crippen LogP contribution in [0.25, 0.3) is 0 Å². The van der Waals surface area contributed by atoms with Crippen LogP contribution in [0.15, 0.2) is 23.3 Å². The molecule has 0 aromatic heterocycles. The zero-order valence-electron chi connectivity index (χ0n) is 10.5. The van der Waals surface area contributed by atoms with Crippen LogP contribution in [-0.2, 0) is 0 Å². The lowest BCUT2D eigenvalue weighted by atomic mass is 9.98. The fraction of sp³-hybridized carbons (Fsp3) is 0.733. The standard InChI is InChI=1S/C15H26/c1-3-5-7-10-14-12-9-13-15(14)11-8-6-4-2/h12-13H,3-11H2,1-2H3. The number of hydrogen-bond donors (Lipinski definition) is 0. The van der Waals surface area contributed by atoms with Crippen molar-refractivity contribution in [2.75, 3.05) is 0 Å². The van der Waals surface area contributed by atoms with E-state index in [0.29, 0.717) is 0 Å². The molecule has 0 bridgehead atoms. The monoisotopic (exact) mass is 206 g/mol. The summed E-state index contributed by atoms with van der Waals surface area (Å²) in [5.41, 5.74) is 3.33. The summed E-state index contributed by atoms with van der Waals surface area (Å²) in [5.74, 6) is 0. The molecule has 0 heterocycles. The molecule has 0 radical (unpaired) electrons. The molecule has 0 spiro atoms. The molecule has 1 aliphatic carbocycles. The summed E-state index contributed by atoms with van der Waals surface area (Å²) in [6.45, 7) is 4.56. The Balaban J connectivity index is 2.22. The van der Waals surface area contributed by atoms with Crippen LogP contribution in [-0.4, -0.2) is 0 Å². The first-order chi connectivity index (χ1) is 7.38. The molecule has 0 saturated carbocycles. The summed E-state index contributed by atoms with van der Waals surface area (Å²) < 4.78 is 0. The molecule has 0 fully saturated rings. The number of unbranched alkanes of at least 4 members (excludes halogenated alkanes) is 4. The fourth-order valence-electron chi connectivity index (χ4n) is 2.26. The summed E-state index contributed by atoms with van der Waals surface area (Å²) in [4.78, 5) is 0. The molecule has 0 amide bonds. The molecular formula is C15H26. The highest BCUT2D eigenvalue weighted by atomic mass is 14.1. The van der Waals surface area contributed by atoms with Gasteiger partial charge in [0.15, 0.2) is 0 Å². The van der Waals surface area contributed by atoms with Crippen LogP contribution >= 0.6 is 0 Å². The van der Waals surface area contributed by atoms with Crippen molar-refractivity contribution in [3.8, 4) is 0 Å². The Morgan fingerprint density at radius 3 is 1.67 bits per heavy atom. The first-order valence-corrected chi connectivity index (χ1v) is 6.77. The second-order valence-electron chi connectivity index (χ2n) is 4.61. The van der Waals surface area contributed by atoms with Gasteiger partial charge in [0.1, 0.15) is 0 Å². The van der Waals surface area contributed by atoms with Gasteiger partial charge in [0.25, 0.3) is 0 Å². The summed E-state index contributed by atoms with van der Waals surface area (Å²) >= 11 is 0. The van der Waals surface area contributed by atoms with E-state index in [1.54, 1.807) is 11.1 Å². The molecule has 0 saturated heterocycles. The minimum atomic E-state index is 1.20. The second kappa shape index (κ2) is 7.73. The van der Waals surface area contributed by atoms with Gasteiger partial charge in [0.2, 0.25) is 0 Å². The van der Waals surface area contributed by atoms with E-state index in [4.69, 9.17) is 0 Å². The summed E-state index contributed by atoms with van der Waals surface area (Å²) in [5, 5.41) is 0. The van der Waals surface area contributed by atoms with Gasteiger partial charge in [-0.05, 0) is 43.3 Å². The Morgan fingerprint density at radius 1 is 0.800 bits per heavy atom. The molecule has 1 rings (SSSR count). The van der Waals surface area contributed by atoms with E-state index < -0.39 is 0 Å². The van der Waals surface area contributed by atoms with E-state index in [1.807, 2.05) is 0 Å². The van der Waals surface area contributed by atoms with Gasteiger partial charge >= 0.3 is 0 Å². The van der Waals surface area contributed by atoms with Crippen LogP contribution in [0.4, 0.5) is 0 Å². The molecule has 0 aromatic rings. The zero-order chi connectivity index (χ0) is 10.9. The lowest BCUT2D eigenvalue weighted by molar-refractivity contribution is 0.692. The first-order valence-electron chi connectivity index (χ1n) is 6.77. The van der Waals surface area contributed by atoms with Crippen LogP contribution in [0.2, 0.25) is 0 Å². The smallest absolute Gasteiger partial charge is 0.0157 e. The van der Waals surface area contributed by atoms with E-state index in [2.05, 4.69) is 26.0 Å². The normalized spacial score (nSPS) is 15.3. The predicted molar refractivity (Wildman–Crippen MR) is 69.1 cm³/mol. The summed E-state index contributed by atoms with van der Waals surface area (Å²) in [6.07, 6.45) is 16.9. The SMILES string of the molecule is CCCCCC1=CCC=C1CCCCC. The Hall–Kier alpha value is -0.520. The topological polar surface area (TPSA) is 0 Å².